The summed E-state index contributed by atoms with van der Waals surface area (Å²) in [6.07, 6.45) is -4.46. The van der Waals surface area contributed by atoms with E-state index < -0.39 is 17.7 Å². The van der Waals surface area contributed by atoms with Crippen molar-refractivity contribution in [2.24, 2.45) is 4.99 Å². The van der Waals surface area contributed by atoms with Crippen LogP contribution < -0.4 is 15.4 Å². The Morgan fingerprint density at radius 3 is 2.65 bits per heavy atom. The summed E-state index contributed by atoms with van der Waals surface area (Å²) in [5.41, 5.74) is -0.246. The number of rotatable bonds is 5. The molecule has 1 heterocycles. The fourth-order valence-electron chi connectivity index (χ4n) is 2.12. The van der Waals surface area contributed by atoms with Crippen LogP contribution >= 0.6 is 11.3 Å². The number of nitrogens with one attached hydrogen (secondary N) is 2. The Balaban J connectivity index is 1.97. The van der Waals surface area contributed by atoms with E-state index in [9.17, 15) is 17.6 Å². The third-order valence-corrected chi connectivity index (χ3v) is 4.35. The van der Waals surface area contributed by atoms with Crippen LogP contribution in [0.4, 0.5) is 17.6 Å². The number of ether oxygens (including phenoxy) is 1. The van der Waals surface area contributed by atoms with E-state index in [1.807, 2.05) is 0 Å². The van der Waals surface area contributed by atoms with Crippen LogP contribution in [-0.2, 0) is 12.7 Å². The van der Waals surface area contributed by atoms with E-state index in [1.54, 1.807) is 13.0 Å². The smallest absolute Gasteiger partial charge is 0.434 e. The first kappa shape index (κ1) is 20.0. The van der Waals surface area contributed by atoms with Crippen LogP contribution in [0.25, 0.3) is 0 Å². The SMILES string of the molecule is CN=C(NCc1nc(C(F)(F)F)cs1)NC(C)c1ccc(OC)c(F)c1. The van der Waals surface area contributed by atoms with Crippen molar-refractivity contribution in [1.82, 2.24) is 15.6 Å². The maximum atomic E-state index is 13.8. The quantitative estimate of drug-likeness (QED) is 0.464. The highest BCUT2D eigenvalue weighted by atomic mass is 32.1. The second-order valence-electron chi connectivity index (χ2n) is 5.31. The van der Waals surface area contributed by atoms with Crippen LogP contribution in [0.15, 0.2) is 28.6 Å². The number of halogens is 4. The Bertz CT molecular complexity index is 776. The molecule has 26 heavy (non-hydrogen) atoms. The molecule has 0 amide bonds. The molecular weight excluding hydrogens is 372 g/mol. The second kappa shape index (κ2) is 8.35. The third kappa shape index (κ3) is 5.07. The molecule has 2 rings (SSSR count). The molecule has 2 aromatic rings. The molecule has 2 N–H and O–H groups in total. The summed E-state index contributed by atoms with van der Waals surface area (Å²) in [5, 5.41) is 7.18. The molecule has 0 saturated heterocycles. The number of alkyl halides is 3. The zero-order chi connectivity index (χ0) is 19.3. The number of aliphatic imine (C=N–C) groups is 1. The lowest BCUT2D eigenvalue weighted by Crippen LogP contribution is -2.38. The second-order valence-corrected chi connectivity index (χ2v) is 6.25. The van der Waals surface area contributed by atoms with E-state index in [0.29, 0.717) is 11.5 Å². The highest BCUT2D eigenvalue weighted by Crippen LogP contribution is 2.30. The van der Waals surface area contributed by atoms with Gasteiger partial charge in [-0.1, -0.05) is 6.07 Å². The highest BCUT2D eigenvalue weighted by Gasteiger charge is 2.33. The molecule has 1 aromatic heterocycles. The lowest BCUT2D eigenvalue weighted by Gasteiger charge is -2.18. The molecule has 0 spiro atoms. The Morgan fingerprint density at radius 1 is 1.38 bits per heavy atom. The first-order chi connectivity index (χ1) is 12.2. The highest BCUT2D eigenvalue weighted by molar-refractivity contribution is 7.09. The van der Waals surface area contributed by atoms with Gasteiger partial charge in [0.05, 0.1) is 19.7 Å². The number of aromatic nitrogens is 1. The van der Waals surface area contributed by atoms with Gasteiger partial charge in [0.25, 0.3) is 0 Å². The van der Waals surface area contributed by atoms with Crippen LogP contribution in [0.2, 0.25) is 0 Å². The van der Waals surface area contributed by atoms with Crippen molar-refractivity contribution in [2.45, 2.75) is 25.7 Å². The van der Waals surface area contributed by atoms with Gasteiger partial charge in [-0.25, -0.2) is 9.37 Å². The summed E-state index contributed by atoms with van der Waals surface area (Å²) in [4.78, 5) is 7.55. The normalized spacial score (nSPS) is 13.4. The number of methoxy groups -OCH3 is 1. The minimum Gasteiger partial charge on any atom is -0.494 e. The van der Waals surface area contributed by atoms with Gasteiger partial charge < -0.3 is 15.4 Å². The molecule has 1 unspecified atom stereocenters. The maximum Gasteiger partial charge on any atom is 0.434 e. The maximum absolute atomic E-state index is 13.8. The summed E-state index contributed by atoms with van der Waals surface area (Å²) in [7, 11) is 2.91. The monoisotopic (exact) mass is 390 g/mol. The van der Waals surface area contributed by atoms with Crippen molar-refractivity contribution in [2.75, 3.05) is 14.2 Å². The molecule has 10 heteroatoms. The van der Waals surface area contributed by atoms with Gasteiger partial charge >= 0.3 is 6.18 Å². The Labute approximate surface area is 152 Å². The average Bonchev–Trinajstić information content (AvgIpc) is 3.07. The van der Waals surface area contributed by atoms with Crippen LogP contribution in [0, 0.1) is 5.82 Å². The fourth-order valence-corrected chi connectivity index (χ4v) is 2.86. The van der Waals surface area contributed by atoms with Gasteiger partial charge in [0, 0.05) is 12.4 Å². The number of thiazole rings is 1. The van der Waals surface area contributed by atoms with Crippen LogP contribution in [-0.4, -0.2) is 25.1 Å². The Hall–Kier alpha value is -2.36. The van der Waals surface area contributed by atoms with Crippen molar-refractivity contribution >= 4 is 17.3 Å². The van der Waals surface area contributed by atoms with E-state index >= 15 is 0 Å². The minimum absolute atomic E-state index is 0.0874. The van der Waals surface area contributed by atoms with E-state index in [0.717, 1.165) is 16.7 Å². The molecule has 0 radical (unpaired) electrons. The van der Waals surface area contributed by atoms with Crippen LogP contribution in [0.3, 0.4) is 0 Å². The summed E-state index contributed by atoms with van der Waals surface area (Å²) < 4.78 is 56.4. The molecule has 5 nitrogen and oxygen atoms in total. The molecule has 0 bridgehead atoms. The summed E-state index contributed by atoms with van der Waals surface area (Å²) in [5.74, 6) is 0.0224. The van der Waals surface area contributed by atoms with Crippen molar-refractivity contribution in [3.63, 3.8) is 0 Å². The predicted molar refractivity (Wildman–Crippen MR) is 91.8 cm³/mol. The zero-order valence-electron chi connectivity index (χ0n) is 14.3. The Morgan fingerprint density at radius 2 is 2.12 bits per heavy atom. The summed E-state index contributed by atoms with van der Waals surface area (Å²) in [6.45, 7) is 1.89. The minimum atomic E-state index is -4.46. The van der Waals surface area contributed by atoms with E-state index in [4.69, 9.17) is 4.74 Å². The molecule has 0 aliphatic heterocycles. The van der Waals surface area contributed by atoms with Gasteiger partial charge in [0.2, 0.25) is 0 Å². The zero-order valence-corrected chi connectivity index (χ0v) is 15.1. The van der Waals surface area contributed by atoms with Crippen molar-refractivity contribution in [1.29, 1.82) is 0 Å². The van der Waals surface area contributed by atoms with Crippen molar-refractivity contribution < 1.29 is 22.3 Å². The number of benzene rings is 1. The molecule has 0 aliphatic rings. The van der Waals surface area contributed by atoms with Gasteiger partial charge in [-0.05, 0) is 24.6 Å². The largest absolute Gasteiger partial charge is 0.494 e. The molecule has 0 aliphatic carbocycles. The average molecular weight is 390 g/mol. The van der Waals surface area contributed by atoms with Gasteiger partial charge in [0.1, 0.15) is 5.01 Å². The topological polar surface area (TPSA) is 58.5 Å². The molecule has 0 saturated carbocycles. The van der Waals surface area contributed by atoms with Crippen molar-refractivity contribution in [3.05, 3.63) is 45.7 Å². The van der Waals surface area contributed by atoms with Crippen LogP contribution in [0.1, 0.15) is 29.2 Å². The molecule has 0 fully saturated rings. The van der Waals surface area contributed by atoms with Gasteiger partial charge in [-0.2, -0.15) is 13.2 Å². The number of hydrogen-bond acceptors (Lipinski definition) is 4. The molecule has 142 valence electrons. The van der Waals surface area contributed by atoms with Crippen LogP contribution in [0.5, 0.6) is 5.75 Å². The van der Waals surface area contributed by atoms with E-state index in [-0.39, 0.29) is 23.3 Å². The van der Waals surface area contributed by atoms with E-state index in [1.165, 1.54) is 26.3 Å². The number of nitrogens with zero attached hydrogens (tertiary/aromatic N) is 2. The first-order valence-electron chi connectivity index (χ1n) is 7.56. The predicted octanol–water partition coefficient (Wildman–Crippen LogP) is 3.74. The standard InChI is InChI=1S/C16H18F4N4OS/c1-9(10-4-5-12(25-3)11(17)6-10)23-15(21-2)22-7-14-24-13(8-26-14)16(18,19)20/h4-6,8-9H,7H2,1-3H3,(H2,21,22,23). The summed E-state index contributed by atoms with van der Waals surface area (Å²) >= 11 is 0.910. The number of hydrogen-bond donors (Lipinski definition) is 2. The Kier molecular flexibility index (Phi) is 6.41. The summed E-state index contributed by atoms with van der Waals surface area (Å²) in [6, 6.07) is 4.29. The number of guanidine groups is 1. The lowest BCUT2D eigenvalue weighted by molar-refractivity contribution is -0.140. The fraction of sp³-hybridized carbons (Fsp3) is 0.375. The van der Waals surface area contributed by atoms with Crippen molar-refractivity contribution in [3.8, 4) is 5.75 Å². The van der Waals surface area contributed by atoms with Gasteiger partial charge in [-0.15, -0.1) is 11.3 Å². The van der Waals surface area contributed by atoms with Gasteiger partial charge in [0.15, 0.2) is 23.2 Å². The van der Waals surface area contributed by atoms with Gasteiger partial charge in [-0.3, -0.25) is 4.99 Å². The molecular formula is C16H18F4N4OS. The molecule has 1 aromatic carbocycles. The lowest BCUT2D eigenvalue weighted by atomic mass is 10.1. The third-order valence-electron chi connectivity index (χ3n) is 3.50. The van der Waals surface area contributed by atoms with E-state index in [2.05, 4.69) is 20.6 Å². The molecule has 1 atom stereocenters. The first-order valence-corrected chi connectivity index (χ1v) is 8.44.